The van der Waals surface area contributed by atoms with Crippen LogP contribution in [-0.2, 0) is 13.6 Å². The molecule has 0 atom stereocenters. The molecule has 0 fully saturated rings. The summed E-state index contributed by atoms with van der Waals surface area (Å²) in [7, 11) is 1.88. The summed E-state index contributed by atoms with van der Waals surface area (Å²) >= 11 is 1.38. The average Bonchev–Trinajstić information content (AvgIpc) is 3.12. The van der Waals surface area contributed by atoms with Gasteiger partial charge in [0.2, 0.25) is 0 Å². The molecule has 0 amide bonds. The first kappa shape index (κ1) is 16.3. The lowest BCUT2D eigenvalue weighted by Crippen LogP contribution is -2.04. The first-order valence-electron chi connectivity index (χ1n) is 7.58. The molecule has 6 nitrogen and oxygen atoms in total. The van der Waals surface area contributed by atoms with Gasteiger partial charge in [0.05, 0.1) is 18.2 Å². The van der Waals surface area contributed by atoms with E-state index < -0.39 is 0 Å². The lowest BCUT2D eigenvalue weighted by atomic mass is 10.1. The lowest BCUT2D eigenvalue weighted by molar-refractivity contribution is 0.102. The molecule has 0 bridgehead atoms. The highest BCUT2D eigenvalue weighted by atomic mass is 32.2. The van der Waals surface area contributed by atoms with Crippen molar-refractivity contribution >= 4 is 28.4 Å². The minimum absolute atomic E-state index is 0.0487. The smallest absolute Gasteiger partial charge is 0.191 e. The van der Waals surface area contributed by atoms with Crippen molar-refractivity contribution < 1.29 is 4.79 Å². The predicted octanol–water partition coefficient (Wildman–Crippen LogP) is 2.97. The van der Waals surface area contributed by atoms with E-state index in [-0.39, 0.29) is 5.78 Å². The van der Waals surface area contributed by atoms with Crippen LogP contribution < -0.4 is 0 Å². The van der Waals surface area contributed by atoms with E-state index in [0.29, 0.717) is 24.3 Å². The van der Waals surface area contributed by atoms with Crippen LogP contribution in [0.1, 0.15) is 22.6 Å². The molecule has 0 aliphatic carbocycles. The van der Waals surface area contributed by atoms with Gasteiger partial charge < -0.3 is 9.13 Å². The van der Waals surface area contributed by atoms with Crippen LogP contribution >= 0.6 is 11.8 Å². The van der Waals surface area contributed by atoms with E-state index in [9.17, 15) is 4.79 Å². The second kappa shape index (κ2) is 6.89. The Balaban J connectivity index is 1.84. The van der Waals surface area contributed by atoms with Gasteiger partial charge in [-0.1, -0.05) is 30.0 Å². The lowest BCUT2D eigenvalue weighted by Gasteiger charge is -2.01. The normalized spacial score (nSPS) is 10.9. The van der Waals surface area contributed by atoms with Crippen LogP contribution in [0.5, 0.6) is 0 Å². The molecule has 122 valence electrons. The number of carbonyl (C=O) groups is 1. The number of rotatable bonds is 6. The summed E-state index contributed by atoms with van der Waals surface area (Å²) in [6.07, 6.45) is 2.27. The predicted molar refractivity (Wildman–Crippen MR) is 93.0 cm³/mol. The first-order valence-corrected chi connectivity index (χ1v) is 8.57. The van der Waals surface area contributed by atoms with Crippen LogP contribution in [-0.4, -0.2) is 30.9 Å². The molecule has 0 aliphatic rings. The number of benzene rings is 1. The molecular formula is C17H17N5OS. The van der Waals surface area contributed by atoms with Gasteiger partial charge in [0.1, 0.15) is 5.82 Å². The van der Waals surface area contributed by atoms with Gasteiger partial charge in [-0.2, -0.15) is 5.26 Å². The molecule has 0 radical (unpaired) electrons. The SMILES string of the molecule is Cc1nnc(SCC(=O)c2cn(CCC#N)c3ccccc23)n1C. The van der Waals surface area contributed by atoms with Gasteiger partial charge in [0.15, 0.2) is 10.9 Å². The van der Waals surface area contributed by atoms with Gasteiger partial charge in [0.25, 0.3) is 0 Å². The molecule has 0 spiro atoms. The highest BCUT2D eigenvalue weighted by Crippen LogP contribution is 2.24. The minimum atomic E-state index is 0.0487. The molecule has 0 N–H and O–H groups in total. The summed E-state index contributed by atoms with van der Waals surface area (Å²) in [5.41, 5.74) is 1.67. The number of hydrogen-bond acceptors (Lipinski definition) is 5. The maximum atomic E-state index is 12.7. The summed E-state index contributed by atoms with van der Waals surface area (Å²) in [6, 6.07) is 9.93. The second-order valence-electron chi connectivity index (χ2n) is 5.46. The highest BCUT2D eigenvalue weighted by molar-refractivity contribution is 7.99. The number of aromatic nitrogens is 4. The standard InChI is InChI=1S/C17H17N5OS/c1-12-19-20-17(21(12)2)24-11-16(23)14-10-22(9-5-8-18)15-7-4-3-6-13(14)15/h3-4,6-7,10H,5,9,11H2,1-2H3. The van der Waals surface area contributed by atoms with Crippen molar-refractivity contribution in [3.63, 3.8) is 0 Å². The molecule has 0 saturated heterocycles. The largest absolute Gasteiger partial charge is 0.346 e. The van der Waals surface area contributed by atoms with Crippen LogP contribution in [0.4, 0.5) is 0 Å². The van der Waals surface area contributed by atoms with Gasteiger partial charge in [-0.05, 0) is 13.0 Å². The van der Waals surface area contributed by atoms with Gasteiger partial charge >= 0.3 is 0 Å². The number of nitrogens with zero attached hydrogens (tertiary/aromatic N) is 5. The van der Waals surface area contributed by atoms with Crippen molar-refractivity contribution in [3.05, 3.63) is 41.9 Å². The van der Waals surface area contributed by atoms with Crippen LogP contribution in [0.2, 0.25) is 0 Å². The third-order valence-electron chi connectivity index (χ3n) is 3.94. The van der Waals surface area contributed by atoms with Crippen molar-refractivity contribution in [1.82, 2.24) is 19.3 Å². The summed E-state index contributed by atoms with van der Waals surface area (Å²) in [5.74, 6) is 1.17. The third-order valence-corrected chi connectivity index (χ3v) is 4.96. The molecule has 2 heterocycles. The number of ketones is 1. The Morgan fingerprint density at radius 3 is 2.83 bits per heavy atom. The monoisotopic (exact) mass is 339 g/mol. The van der Waals surface area contributed by atoms with E-state index >= 15 is 0 Å². The number of fused-ring (bicyclic) bond motifs is 1. The zero-order valence-corrected chi connectivity index (χ0v) is 14.4. The van der Waals surface area contributed by atoms with E-state index in [1.807, 2.05) is 53.6 Å². The highest BCUT2D eigenvalue weighted by Gasteiger charge is 2.16. The number of hydrogen-bond donors (Lipinski definition) is 0. The molecule has 1 aromatic carbocycles. The summed E-state index contributed by atoms with van der Waals surface area (Å²) < 4.78 is 3.84. The van der Waals surface area contributed by atoms with Gasteiger partial charge in [-0.15, -0.1) is 10.2 Å². The summed E-state index contributed by atoms with van der Waals surface area (Å²) in [6.45, 7) is 2.46. The van der Waals surface area contributed by atoms with Crippen molar-refractivity contribution in [1.29, 1.82) is 5.26 Å². The Labute approximate surface area is 144 Å². The fraction of sp³-hybridized carbons (Fsp3) is 0.294. The summed E-state index contributed by atoms with van der Waals surface area (Å²) in [4.78, 5) is 12.7. The molecule has 24 heavy (non-hydrogen) atoms. The first-order chi connectivity index (χ1) is 11.6. The fourth-order valence-electron chi connectivity index (χ4n) is 2.55. The molecule has 2 aromatic heterocycles. The molecule has 3 aromatic rings. The molecular weight excluding hydrogens is 322 g/mol. The number of Topliss-reactive ketones (excluding diaryl/α,β-unsaturated/α-hetero) is 1. The van der Waals surface area contributed by atoms with E-state index in [4.69, 9.17) is 5.26 Å². The Kier molecular flexibility index (Phi) is 4.67. The number of carbonyl (C=O) groups excluding carboxylic acids is 1. The third kappa shape index (κ3) is 3.05. The zero-order valence-electron chi connectivity index (χ0n) is 13.6. The maximum Gasteiger partial charge on any atom is 0.191 e. The van der Waals surface area contributed by atoms with Gasteiger partial charge in [-0.25, -0.2) is 0 Å². The maximum absolute atomic E-state index is 12.7. The van der Waals surface area contributed by atoms with Crippen LogP contribution in [0.15, 0.2) is 35.6 Å². The quantitative estimate of drug-likeness (QED) is 0.510. The van der Waals surface area contributed by atoms with Gasteiger partial charge in [-0.3, -0.25) is 4.79 Å². The fourth-order valence-corrected chi connectivity index (χ4v) is 3.39. The Hall–Kier alpha value is -2.59. The molecule has 3 rings (SSSR count). The van der Waals surface area contributed by atoms with Crippen molar-refractivity contribution in [2.24, 2.45) is 7.05 Å². The molecule has 0 unspecified atom stereocenters. The average molecular weight is 339 g/mol. The number of para-hydroxylation sites is 1. The van der Waals surface area contributed by atoms with E-state index in [2.05, 4.69) is 16.3 Å². The van der Waals surface area contributed by atoms with Crippen molar-refractivity contribution in [2.45, 2.75) is 25.0 Å². The van der Waals surface area contributed by atoms with Crippen molar-refractivity contribution in [3.8, 4) is 6.07 Å². The number of aryl methyl sites for hydroxylation is 2. The van der Waals surface area contributed by atoms with E-state index in [1.165, 1.54) is 11.8 Å². The number of nitriles is 1. The Bertz CT molecular complexity index is 934. The topological polar surface area (TPSA) is 76.5 Å². The number of thioether (sulfide) groups is 1. The Morgan fingerprint density at radius 2 is 2.12 bits per heavy atom. The van der Waals surface area contributed by atoms with Gasteiger partial charge in [0, 0.05) is 36.3 Å². The Morgan fingerprint density at radius 1 is 1.33 bits per heavy atom. The second-order valence-corrected chi connectivity index (χ2v) is 6.40. The van der Waals surface area contributed by atoms with Crippen LogP contribution in [0, 0.1) is 18.3 Å². The van der Waals surface area contributed by atoms with Crippen LogP contribution in [0.3, 0.4) is 0 Å². The van der Waals surface area contributed by atoms with Crippen molar-refractivity contribution in [2.75, 3.05) is 5.75 Å². The molecule has 0 aliphatic heterocycles. The summed E-state index contributed by atoms with van der Waals surface area (Å²) in [5, 5.41) is 18.5. The molecule has 7 heteroatoms. The van der Waals surface area contributed by atoms with Crippen LogP contribution in [0.25, 0.3) is 10.9 Å². The zero-order chi connectivity index (χ0) is 17.1. The van der Waals surface area contributed by atoms with E-state index in [0.717, 1.165) is 21.9 Å². The molecule has 0 saturated carbocycles. The van der Waals surface area contributed by atoms with E-state index in [1.54, 1.807) is 0 Å². The minimum Gasteiger partial charge on any atom is -0.346 e.